The van der Waals surface area contributed by atoms with Gasteiger partial charge in [0.25, 0.3) is 17.5 Å². The standard InChI is InChI=1S/C25H18BrN3O9S/c1-2-37-21-14-15(13-20(26)22(21)38-39(35,36)18-6-4-3-5-7-18)12-19-23(30)27-25(32)28(24(19)31)16-8-10-17(11-9-16)29(33)34/h3-14H,2H2,1H3,(H,27,30,32)/b19-12+. The largest absolute Gasteiger partial charge is 0.490 e. The van der Waals surface area contributed by atoms with Crippen molar-refractivity contribution in [1.82, 2.24) is 5.32 Å². The first-order valence-corrected chi connectivity index (χ1v) is 13.3. The first kappa shape index (κ1) is 27.5. The third kappa shape index (κ3) is 5.81. The Morgan fingerprint density at radius 2 is 1.72 bits per heavy atom. The quantitative estimate of drug-likeness (QED) is 0.129. The highest BCUT2D eigenvalue weighted by Crippen LogP contribution is 2.39. The van der Waals surface area contributed by atoms with Crippen LogP contribution in [0.1, 0.15) is 12.5 Å². The third-order valence-corrected chi connectivity index (χ3v) is 7.11. The summed E-state index contributed by atoms with van der Waals surface area (Å²) in [6, 6.07) is 13.8. The lowest BCUT2D eigenvalue weighted by atomic mass is 10.1. The lowest BCUT2D eigenvalue weighted by molar-refractivity contribution is -0.384. The van der Waals surface area contributed by atoms with E-state index in [1.54, 1.807) is 25.1 Å². The maximum atomic E-state index is 13.2. The predicted molar refractivity (Wildman–Crippen MR) is 142 cm³/mol. The number of urea groups is 1. The van der Waals surface area contributed by atoms with Gasteiger partial charge in [0.2, 0.25) is 0 Å². The molecule has 4 rings (SSSR count). The molecule has 0 radical (unpaired) electrons. The molecule has 0 saturated carbocycles. The summed E-state index contributed by atoms with van der Waals surface area (Å²) in [4.78, 5) is 49.0. The van der Waals surface area contributed by atoms with E-state index in [1.165, 1.54) is 42.5 Å². The number of ether oxygens (including phenoxy) is 1. The normalized spacial score (nSPS) is 14.8. The van der Waals surface area contributed by atoms with Crippen LogP contribution in [0.25, 0.3) is 6.08 Å². The number of nitrogens with one attached hydrogen (secondary N) is 1. The van der Waals surface area contributed by atoms with Crippen LogP contribution in [-0.4, -0.2) is 37.8 Å². The molecule has 1 aliphatic rings. The molecule has 1 N–H and O–H groups in total. The molecule has 0 aliphatic carbocycles. The van der Waals surface area contributed by atoms with E-state index < -0.39 is 38.5 Å². The first-order chi connectivity index (χ1) is 18.5. The van der Waals surface area contributed by atoms with Gasteiger partial charge in [0.1, 0.15) is 10.5 Å². The number of barbiturate groups is 1. The molecule has 0 unspecified atom stereocenters. The van der Waals surface area contributed by atoms with Gasteiger partial charge in [-0.05, 0) is 70.9 Å². The number of carbonyl (C=O) groups is 3. The Bertz CT molecular complexity index is 1620. The van der Waals surface area contributed by atoms with Crippen LogP contribution in [0.15, 0.2) is 81.7 Å². The van der Waals surface area contributed by atoms with Crippen LogP contribution in [-0.2, 0) is 19.7 Å². The van der Waals surface area contributed by atoms with Crippen LogP contribution in [0.3, 0.4) is 0 Å². The molecule has 1 saturated heterocycles. The van der Waals surface area contributed by atoms with Gasteiger partial charge in [-0.1, -0.05) is 18.2 Å². The van der Waals surface area contributed by atoms with Gasteiger partial charge in [0.05, 0.1) is 21.7 Å². The van der Waals surface area contributed by atoms with Crippen molar-refractivity contribution in [3.63, 3.8) is 0 Å². The fraction of sp³-hybridized carbons (Fsp3) is 0.0800. The lowest BCUT2D eigenvalue weighted by Gasteiger charge is -2.26. The van der Waals surface area contributed by atoms with Gasteiger partial charge in [-0.15, -0.1) is 0 Å². The summed E-state index contributed by atoms with van der Waals surface area (Å²) in [7, 11) is -4.22. The molecule has 0 spiro atoms. The summed E-state index contributed by atoms with van der Waals surface area (Å²) >= 11 is 3.26. The number of nitro groups is 1. The van der Waals surface area contributed by atoms with E-state index in [-0.39, 0.29) is 44.4 Å². The first-order valence-electron chi connectivity index (χ1n) is 11.1. The summed E-state index contributed by atoms with van der Waals surface area (Å²) in [5, 5.41) is 13.0. The molecular weight excluding hydrogens is 598 g/mol. The van der Waals surface area contributed by atoms with E-state index in [2.05, 4.69) is 21.2 Å². The highest BCUT2D eigenvalue weighted by molar-refractivity contribution is 9.10. The molecular formula is C25H18BrN3O9S. The summed E-state index contributed by atoms with van der Waals surface area (Å²) in [6.07, 6.45) is 1.19. The number of hydrogen-bond donors (Lipinski definition) is 1. The Labute approximate surface area is 230 Å². The molecule has 200 valence electrons. The molecule has 39 heavy (non-hydrogen) atoms. The van der Waals surface area contributed by atoms with Crippen LogP contribution in [0.5, 0.6) is 11.5 Å². The Morgan fingerprint density at radius 3 is 2.33 bits per heavy atom. The summed E-state index contributed by atoms with van der Waals surface area (Å²) in [6.45, 7) is 1.80. The van der Waals surface area contributed by atoms with Crippen molar-refractivity contribution in [3.8, 4) is 11.5 Å². The maximum absolute atomic E-state index is 13.2. The molecule has 3 aromatic carbocycles. The molecule has 0 atom stereocenters. The van der Waals surface area contributed by atoms with Crippen molar-refractivity contribution in [1.29, 1.82) is 0 Å². The van der Waals surface area contributed by atoms with E-state index in [9.17, 15) is 32.9 Å². The van der Waals surface area contributed by atoms with Crippen LogP contribution >= 0.6 is 15.9 Å². The average molecular weight is 616 g/mol. The van der Waals surface area contributed by atoms with Gasteiger partial charge >= 0.3 is 16.1 Å². The number of nitro benzene ring substituents is 1. The second-order valence-electron chi connectivity index (χ2n) is 7.84. The third-order valence-electron chi connectivity index (χ3n) is 5.29. The number of rotatable bonds is 8. The number of benzene rings is 3. The molecule has 1 aliphatic heterocycles. The van der Waals surface area contributed by atoms with Gasteiger partial charge in [-0.3, -0.25) is 25.0 Å². The van der Waals surface area contributed by atoms with Crippen LogP contribution in [0.4, 0.5) is 16.2 Å². The van der Waals surface area contributed by atoms with Crippen molar-refractivity contribution in [2.24, 2.45) is 0 Å². The smallest absolute Gasteiger partial charge is 0.339 e. The lowest BCUT2D eigenvalue weighted by Crippen LogP contribution is -2.54. The van der Waals surface area contributed by atoms with Crippen LogP contribution in [0.2, 0.25) is 0 Å². The van der Waals surface area contributed by atoms with E-state index in [0.717, 1.165) is 12.1 Å². The van der Waals surface area contributed by atoms with E-state index >= 15 is 0 Å². The van der Waals surface area contributed by atoms with E-state index in [4.69, 9.17) is 8.92 Å². The summed E-state index contributed by atoms with van der Waals surface area (Å²) < 4.78 is 36.6. The minimum Gasteiger partial charge on any atom is -0.490 e. The molecule has 3 aromatic rings. The Balaban J connectivity index is 1.71. The van der Waals surface area contributed by atoms with Crippen molar-refractivity contribution in [2.75, 3.05) is 11.5 Å². The number of imide groups is 2. The van der Waals surface area contributed by atoms with E-state index in [1.807, 2.05) is 0 Å². The van der Waals surface area contributed by atoms with Crippen LogP contribution < -0.4 is 19.1 Å². The van der Waals surface area contributed by atoms with Crippen LogP contribution in [0, 0.1) is 10.1 Å². The second kappa shape index (κ2) is 11.0. The SMILES string of the molecule is CCOc1cc(/C=C2\C(=O)NC(=O)N(c3ccc([N+](=O)[O-])cc3)C2=O)cc(Br)c1OS(=O)(=O)c1ccccc1. The van der Waals surface area contributed by atoms with Crippen molar-refractivity contribution < 1.29 is 36.6 Å². The minimum atomic E-state index is -4.22. The molecule has 1 heterocycles. The zero-order valence-corrected chi connectivity index (χ0v) is 22.4. The second-order valence-corrected chi connectivity index (χ2v) is 10.2. The summed E-state index contributed by atoms with van der Waals surface area (Å²) in [5.74, 6) is -2.09. The van der Waals surface area contributed by atoms with Crippen molar-refractivity contribution >= 4 is 61.3 Å². The van der Waals surface area contributed by atoms with E-state index in [0.29, 0.717) is 4.90 Å². The number of anilines is 1. The average Bonchev–Trinajstić information content (AvgIpc) is 2.89. The minimum absolute atomic E-state index is 0.00481. The Hall–Kier alpha value is -4.56. The number of halogens is 1. The summed E-state index contributed by atoms with van der Waals surface area (Å²) in [5.41, 5.74) is -0.424. The zero-order valence-electron chi connectivity index (χ0n) is 20.0. The topological polar surface area (TPSA) is 162 Å². The molecule has 12 nitrogen and oxygen atoms in total. The Morgan fingerprint density at radius 1 is 1.05 bits per heavy atom. The number of amides is 4. The highest BCUT2D eigenvalue weighted by Gasteiger charge is 2.37. The number of nitrogens with zero attached hydrogens (tertiary/aromatic N) is 2. The predicted octanol–water partition coefficient (Wildman–Crippen LogP) is 4.19. The zero-order chi connectivity index (χ0) is 28.3. The molecule has 0 aromatic heterocycles. The number of carbonyl (C=O) groups excluding carboxylic acids is 3. The van der Waals surface area contributed by atoms with Crippen molar-refractivity contribution in [3.05, 3.63) is 92.5 Å². The monoisotopic (exact) mass is 615 g/mol. The fourth-order valence-electron chi connectivity index (χ4n) is 3.54. The van der Waals surface area contributed by atoms with Gasteiger partial charge in [0, 0.05) is 12.1 Å². The van der Waals surface area contributed by atoms with Gasteiger partial charge in [-0.25, -0.2) is 9.69 Å². The Kier molecular flexibility index (Phi) is 7.78. The maximum Gasteiger partial charge on any atom is 0.339 e. The molecule has 14 heteroatoms. The van der Waals surface area contributed by atoms with Gasteiger partial charge in [-0.2, -0.15) is 8.42 Å². The molecule has 1 fully saturated rings. The van der Waals surface area contributed by atoms with Gasteiger partial charge in [0.15, 0.2) is 11.5 Å². The number of hydrogen-bond acceptors (Lipinski definition) is 9. The fourth-order valence-corrected chi connectivity index (χ4v) is 5.17. The highest BCUT2D eigenvalue weighted by atomic mass is 79.9. The number of non-ortho nitro benzene ring substituents is 1. The van der Waals surface area contributed by atoms with Crippen molar-refractivity contribution in [2.45, 2.75) is 11.8 Å². The molecule has 4 amide bonds. The molecule has 0 bridgehead atoms. The van der Waals surface area contributed by atoms with Gasteiger partial charge < -0.3 is 8.92 Å².